The number of aryl methyl sites for hydroxylation is 1. The molecule has 2 N–H and O–H groups in total. The second-order valence-corrected chi connectivity index (χ2v) is 6.29. The van der Waals surface area contributed by atoms with Gasteiger partial charge in [0.25, 0.3) is 5.69 Å². The summed E-state index contributed by atoms with van der Waals surface area (Å²) >= 11 is 4.76. The van der Waals surface area contributed by atoms with E-state index in [1.807, 2.05) is 31.2 Å². The van der Waals surface area contributed by atoms with Crippen molar-refractivity contribution in [3.63, 3.8) is 0 Å². The fraction of sp³-hybridized carbons (Fsp3) is 0.143. The lowest BCUT2D eigenvalue weighted by Crippen LogP contribution is -1.95. The van der Waals surface area contributed by atoms with Gasteiger partial charge < -0.3 is 5.73 Å². The minimum absolute atomic E-state index is 0.123. The van der Waals surface area contributed by atoms with E-state index < -0.39 is 0 Å². The highest BCUT2D eigenvalue weighted by molar-refractivity contribution is 9.10. The maximum Gasteiger partial charge on any atom is 0.274 e. The van der Waals surface area contributed by atoms with Crippen molar-refractivity contribution < 1.29 is 4.92 Å². The lowest BCUT2D eigenvalue weighted by molar-refractivity contribution is -0.385. The first-order chi connectivity index (χ1) is 9.47. The summed E-state index contributed by atoms with van der Waals surface area (Å²) in [6.45, 7) is 1.99. The van der Waals surface area contributed by atoms with Crippen LogP contribution in [0.2, 0.25) is 0 Å². The van der Waals surface area contributed by atoms with Crippen molar-refractivity contribution in [3.8, 4) is 0 Å². The van der Waals surface area contributed by atoms with Crippen LogP contribution in [0, 0.1) is 17.0 Å². The average molecular weight is 353 g/mol. The molecule has 0 fully saturated rings. The van der Waals surface area contributed by atoms with Crippen LogP contribution in [0.15, 0.2) is 45.8 Å². The quantitative estimate of drug-likeness (QED) is 0.379. The number of nitrogen functional groups attached to an aromatic ring is 1. The number of benzene rings is 2. The normalized spacial score (nSPS) is 10.5. The Bertz CT molecular complexity index is 662. The van der Waals surface area contributed by atoms with Crippen LogP contribution < -0.4 is 5.73 Å². The summed E-state index contributed by atoms with van der Waals surface area (Å²) in [7, 11) is 0. The van der Waals surface area contributed by atoms with Gasteiger partial charge in [-0.05, 0) is 30.7 Å². The fourth-order valence-electron chi connectivity index (χ4n) is 1.75. The molecule has 0 spiro atoms. The lowest BCUT2D eigenvalue weighted by Gasteiger charge is -2.07. The van der Waals surface area contributed by atoms with Gasteiger partial charge in [-0.15, -0.1) is 11.8 Å². The highest BCUT2D eigenvalue weighted by atomic mass is 79.9. The second kappa shape index (κ2) is 6.28. The van der Waals surface area contributed by atoms with Crippen LogP contribution in [0.5, 0.6) is 0 Å². The Morgan fingerprint density at radius 2 is 2.05 bits per heavy atom. The molecule has 0 amide bonds. The van der Waals surface area contributed by atoms with Crippen LogP contribution in [0.25, 0.3) is 0 Å². The van der Waals surface area contributed by atoms with Crippen molar-refractivity contribution in [1.29, 1.82) is 0 Å². The van der Waals surface area contributed by atoms with Gasteiger partial charge in [0.05, 0.1) is 4.92 Å². The van der Waals surface area contributed by atoms with Crippen LogP contribution >= 0.6 is 27.7 Å². The molecule has 0 unspecified atom stereocenters. The van der Waals surface area contributed by atoms with E-state index in [4.69, 9.17) is 5.73 Å². The maximum atomic E-state index is 11.1. The molecule has 4 nitrogen and oxygen atoms in total. The third-order valence-corrected chi connectivity index (χ3v) is 4.41. The van der Waals surface area contributed by atoms with Crippen LogP contribution in [-0.4, -0.2) is 4.92 Å². The van der Waals surface area contributed by atoms with E-state index >= 15 is 0 Å². The third-order valence-electron chi connectivity index (χ3n) is 2.80. The lowest BCUT2D eigenvalue weighted by atomic mass is 10.2. The van der Waals surface area contributed by atoms with Crippen molar-refractivity contribution in [2.24, 2.45) is 0 Å². The van der Waals surface area contributed by atoms with Crippen LogP contribution in [-0.2, 0) is 5.75 Å². The zero-order chi connectivity index (χ0) is 14.7. The Labute approximate surface area is 129 Å². The topological polar surface area (TPSA) is 69.2 Å². The number of nitrogens with two attached hydrogens (primary N) is 1. The van der Waals surface area contributed by atoms with Gasteiger partial charge >= 0.3 is 0 Å². The molecule has 2 aromatic rings. The van der Waals surface area contributed by atoms with Gasteiger partial charge in [-0.1, -0.05) is 28.1 Å². The van der Waals surface area contributed by atoms with Crippen LogP contribution in [0.4, 0.5) is 11.4 Å². The zero-order valence-corrected chi connectivity index (χ0v) is 13.2. The Kier molecular flexibility index (Phi) is 4.67. The predicted octanol–water partition coefficient (Wildman–Crippen LogP) is 4.54. The number of hydrogen-bond acceptors (Lipinski definition) is 4. The SMILES string of the molecule is Cc1ccc(N)c(SCc2ccc(Br)cc2[N+](=O)[O-])c1. The zero-order valence-electron chi connectivity index (χ0n) is 10.8. The molecular formula is C14H13BrN2O2S. The number of nitrogens with zero attached hydrogens (tertiary/aromatic N) is 1. The van der Waals surface area contributed by atoms with E-state index in [-0.39, 0.29) is 10.6 Å². The van der Waals surface area contributed by atoms with Crippen molar-refractivity contribution in [2.45, 2.75) is 17.6 Å². The Hall–Kier alpha value is -1.53. The van der Waals surface area contributed by atoms with Crippen molar-refractivity contribution in [1.82, 2.24) is 0 Å². The van der Waals surface area contributed by atoms with E-state index in [0.29, 0.717) is 21.5 Å². The summed E-state index contributed by atoms with van der Waals surface area (Å²) in [5.41, 5.74) is 8.53. The first-order valence-corrected chi connectivity index (χ1v) is 7.67. The number of nitro benzene ring substituents is 1. The smallest absolute Gasteiger partial charge is 0.274 e. The Morgan fingerprint density at radius 1 is 1.30 bits per heavy atom. The molecule has 20 heavy (non-hydrogen) atoms. The van der Waals surface area contributed by atoms with Crippen LogP contribution in [0.1, 0.15) is 11.1 Å². The molecule has 0 aromatic heterocycles. The molecule has 0 aliphatic rings. The van der Waals surface area contributed by atoms with E-state index in [1.54, 1.807) is 6.07 Å². The van der Waals surface area contributed by atoms with Gasteiger partial charge in [0, 0.05) is 32.4 Å². The summed E-state index contributed by atoms with van der Waals surface area (Å²) in [5, 5.41) is 11.1. The van der Waals surface area contributed by atoms with Crippen molar-refractivity contribution >= 4 is 39.1 Å². The van der Waals surface area contributed by atoms with Gasteiger partial charge in [-0.2, -0.15) is 0 Å². The highest BCUT2D eigenvalue weighted by Crippen LogP contribution is 2.33. The third kappa shape index (κ3) is 3.52. The van der Waals surface area contributed by atoms with E-state index in [2.05, 4.69) is 15.9 Å². The molecule has 2 aromatic carbocycles. The summed E-state index contributed by atoms with van der Waals surface area (Å²) < 4.78 is 0.702. The molecule has 0 aliphatic carbocycles. The van der Waals surface area contributed by atoms with Gasteiger partial charge in [0.1, 0.15) is 0 Å². The number of halogens is 1. The van der Waals surface area contributed by atoms with E-state index in [9.17, 15) is 10.1 Å². The van der Waals surface area contributed by atoms with Crippen molar-refractivity contribution in [2.75, 3.05) is 5.73 Å². The average Bonchev–Trinajstić information content (AvgIpc) is 2.40. The molecule has 0 aliphatic heterocycles. The molecule has 6 heteroatoms. The van der Waals surface area contributed by atoms with E-state index in [0.717, 1.165) is 10.5 Å². The minimum Gasteiger partial charge on any atom is -0.398 e. The number of hydrogen-bond donors (Lipinski definition) is 1. The summed E-state index contributed by atoms with van der Waals surface area (Å²) in [6, 6.07) is 10.9. The molecule has 0 bridgehead atoms. The van der Waals surface area contributed by atoms with E-state index in [1.165, 1.54) is 17.8 Å². The second-order valence-electron chi connectivity index (χ2n) is 4.36. The van der Waals surface area contributed by atoms with Crippen LogP contribution in [0.3, 0.4) is 0 Å². The molecule has 0 saturated carbocycles. The fourth-order valence-corrected chi connectivity index (χ4v) is 3.16. The molecule has 0 atom stereocenters. The summed E-state index contributed by atoms with van der Waals surface area (Å²) in [4.78, 5) is 11.6. The number of rotatable bonds is 4. The standard InChI is InChI=1S/C14H13BrN2O2S/c1-9-2-5-12(16)14(6-9)20-8-10-3-4-11(15)7-13(10)17(18)19/h2-7H,8,16H2,1H3. The molecule has 0 saturated heterocycles. The van der Waals surface area contributed by atoms with Gasteiger partial charge in [-0.25, -0.2) is 0 Å². The first-order valence-electron chi connectivity index (χ1n) is 5.89. The molecular weight excluding hydrogens is 340 g/mol. The minimum atomic E-state index is -0.361. The predicted molar refractivity (Wildman–Crippen MR) is 85.9 cm³/mol. The molecule has 0 heterocycles. The Morgan fingerprint density at radius 3 is 2.75 bits per heavy atom. The molecule has 2 rings (SSSR count). The largest absolute Gasteiger partial charge is 0.398 e. The summed E-state index contributed by atoms with van der Waals surface area (Å²) in [6.07, 6.45) is 0. The Balaban J connectivity index is 2.23. The summed E-state index contributed by atoms with van der Waals surface area (Å²) in [5.74, 6) is 0.511. The highest BCUT2D eigenvalue weighted by Gasteiger charge is 2.14. The molecule has 104 valence electrons. The van der Waals surface area contributed by atoms with Gasteiger partial charge in [-0.3, -0.25) is 10.1 Å². The maximum absolute atomic E-state index is 11.1. The van der Waals surface area contributed by atoms with Crippen molar-refractivity contribution in [3.05, 3.63) is 62.1 Å². The van der Waals surface area contributed by atoms with Gasteiger partial charge in [0.15, 0.2) is 0 Å². The first kappa shape index (κ1) is 14.9. The monoisotopic (exact) mass is 352 g/mol. The number of anilines is 1. The van der Waals surface area contributed by atoms with Gasteiger partial charge in [0.2, 0.25) is 0 Å². The molecule has 0 radical (unpaired) electrons. The number of nitro groups is 1. The number of thioether (sulfide) groups is 1.